The Balaban J connectivity index is 2.63. The fourth-order valence-electron chi connectivity index (χ4n) is 2.88. The van der Waals surface area contributed by atoms with Gasteiger partial charge in [0, 0.05) is 5.88 Å². The molecule has 0 bridgehead atoms. The van der Waals surface area contributed by atoms with Crippen LogP contribution in [0.4, 0.5) is 0 Å². The van der Waals surface area contributed by atoms with E-state index < -0.39 is 0 Å². The van der Waals surface area contributed by atoms with Crippen molar-refractivity contribution in [3.8, 4) is 0 Å². The average Bonchev–Trinajstić information content (AvgIpc) is 2.56. The minimum Gasteiger partial charge on any atom is -0.126 e. The first-order chi connectivity index (χ1) is 5.79. The second-order valence-corrected chi connectivity index (χ2v) is 4.48. The predicted molar refractivity (Wildman–Crippen MR) is 55.7 cm³/mol. The van der Waals surface area contributed by atoms with E-state index in [1.165, 1.54) is 38.5 Å². The van der Waals surface area contributed by atoms with E-state index in [1.54, 1.807) is 0 Å². The van der Waals surface area contributed by atoms with Crippen molar-refractivity contribution in [3.05, 3.63) is 0 Å². The first-order valence-corrected chi connectivity index (χ1v) is 5.88. The maximum atomic E-state index is 6.12. The highest BCUT2D eigenvalue weighted by molar-refractivity contribution is 6.18. The van der Waals surface area contributed by atoms with Gasteiger partial charge in [0.2, 0.25) is 0 Å². The van der Waals surface area contributed by atoms with Crippen molar-refractivity contribution < 1.29 is 0 Å². The zero-order chi connectivity index (χ0) is 9.03. The molecule has 1 rings (SSSR count). The molecule has 1 aliphatic carbocycles. The molecular weight excluding hydrogens is 168 g/mol. The predicted octanol–water partition coefficient (Wildman–Crippen LogP) is 4.22. The molecule has 1 fully saturated rings. The van der Waals surface area contributed by atoms with Gasteiger partial charge in [0.25, 0.3) is 0 Å². The molecule has 12 heavy (non-hydrogen) atoms. The fraction of sp³-hybridized carbons (Fsp3) is 1.00. The summed E-state index contributed by atoms with van der Waals surface area (Å²) in [7, 11) is 0. The van der Waals surface area contributed by atoms with Gasteiger partial charge in [-0.3, -0.25) is 0 Å². The van der Waals surface area contributed by atoms with Gasteiger partial charge in [0.1, 0.15) is 0 Å². The largest absolute Gasteiger partial charge is 0.126 e. The monoisotopic (exact) mass is 188 g/mol. The van der Waals surface area contributed by atoms with Crippen molar-refractivity contribution in [2.24, 2.45) is 11.3 Å². The molecule has 1 heteroatoms. The van der Waals surface area contributed by atoms with Crippen molar-refractivity contribution in [3.63, 3.8) is 0 Å². The van der Waals surface area contributed by atoms with E-state index in [0.29, 0.717) is 5.41 Å². The van der Waals surface area contributed by atoms with E-state index in [-0.39, 0.29) is 0 Å². The zero-order valence-corrected chi connectivity index (χ0v) is 9.16. The molecule has 0 saturated heterocycles. The van der Waals surface area contributed by atoms with Crippen molar-refractivity contribution in [1.82, 2.24) is 0 Å². The van der Waals surface area contributed by atoms with Crippen LogP contribution in [0.25, 0.3) is 0 Å². The minimum atomic E-state index is 0.519. The molecule has 0 aliphatic heterocycles. The lowest BCUT2D eigenvalue weighted by molar-refractivity contribution is 0.185. The van der Waals surface area contributed by atoms with Crippen LogP contribution in [0.2, 0.25) is 0 Å². The van der Waals surface area contributed by atoms with Crippen LogP contribution in [-0.2, 0) is 0 Å². The van der Waals surface area contributed by atoms with Crippen molar-refractivity contribution >= 4 is 11.6 Å². The van der Waals surface area contributed by atoms with Gasteiger partial charge in [-0.05, 0) is 24.2 Å². The van der Waals surface area contributed by atoms with E-state index >= 15 is 0 Å². The number of alkyl halides is 1. The molecule has 0 aromatic rings. The summed E-state index contributed by atoms with van der Waals surface area (Å²) in [6.07, 6.45) is 8.19. The van der Waals surface area contributed by atoms with Gasteiger partial charge >= 0.3 is 0 Å². The number of hydrogen-bond donors (Lipinski definition) is 0. The second-order valence-electron chi connectivity index (χ2n) is 4.22. The fourth-order valence-corrected chi connectivity index (χ4v) is 3.37. The summed E-state index contributed by atoms with van der Waals surface area (Å²) in [5.74, 6) is 1.76. The lowest BCUT2D eigenvalue weighted by atomic mass is 9.73. The molecule has 0 unspecified atom stereocenters. The number of halogens is 1. The highest BCUT2D eigenvalue weighted by atomic mass is 35.5. The Bertz CT molecular complexity index is 121. The SMILES string of the molecule is CCC(CC)C1(CCl)CCCC1. The standard InChI is InChI=1S/C11H21Cl/c1-3-10(4-2)11(9-12)7-5-6-8-11/h10H,3-9H2,1-2H3. The molecular formula is C11H21Cl. The van der Waals surface area contributed by atoms with Gasteiger partial charge in [0.05, 0.1) is 0 Å². The summed E-state index contributed by atoms with van der Waals surface area (Å²) in [5.41, 5.74) is 0.519. The summed E-state index contributed by atoms with van der Waals surface area (Å²) >= 11 is 6.12. The first kappa shape index (κ1) is 10.4. The van der Waals surface area contributed by atoms with Crippen LogP contribution in [0.1, 0.15) is 52.4 Å². The van der Waals surface area contributed by atoms with E-state index in [0.717, 1.165) is 11.8 Å². The van der Waals surface area contributed by atoms with Crippen molar-refractivity contribution in [1.29, 1.82) is 0 Å². The van der Waals surface area contributed by atoms with Crippen LogP contribution in [0.3, 0.4) is 0 Å². The first-order valence-electron chi connectivity index (χ1n) is 5.35. The lowest BCUT2D eigenvalue weighted by Gasteiger charge is -2.34. The summed E-state index contributed by atoms with van der Waals surface area (Å²) in [6, 6.07) is 0. The van der Waals surface area contributed by atoms with Gasteiger partial charge < -0.3 is 0 Å². The molecule has 0 aromatic carbocycles. The van der Waals surface area contributed by atoms with Gasteiger partial charge in [0.15, 0.2) is 0 Å². The average molecular weight is 189 g/mol. The molecule has 0 heterocycles. The van der Waals surface area contributed by atoms with Crippen LogP contribution in [-0.4, -0.2) is 5.88 Å². The van der Waals surface area contributed by atoms with Crippen LogP contribution in [0, 0.1) is 11.3 Å². The zero-order valence-electron chi connectivity index (χ0n) is 8.41. The molecule has 72 valence electrons. The third-order valence-corrected chi connectivity index (χ3v) is 4.25. The molecule has 0 N–H and O–H groups in total. The molecule has 0 nitrogen and oxygen atoms in total. The summed E-state index contributed by atoms with van der Waals surface area (Å²) in [5, 5.41) is 0. The third-order valence-electron chi connectivity index (χ3n) is 3.72. The Morgan fingerprint density at radius 3 is 2.00 bits per heavy atom. The van der Waals surface area contributed by atoms with Gasteiger partial charge in [-0.15, -0.1) is 11.6 Å². The van der Waals surface area contributed by atoms with Gasteiger partial charge in [-0.2, -0.15) is 0 Å². The summed E-state index contributed by atoms with van der Waals surface area (Å²) in [4.78, 5) is 0. The van der Waals surface area contributed by atoms with Gasteiger partial charge in [-0.25, -0.2) is 0 Å². The smallest absolute Gasteiger partial charge is 0.0282 e. The Hall–Kier alpha value is 0.290. The van der Waals surface area contributed by atoms with E-state index in [1.807, 2.05) is 0 Å². The van der Waals surface area contributed by atoms with Crippen molar-refractivity contribution in [2.75, 3.05) is 5.88 Å². The molecule has 0 amide bonds. The minimum absolute atomic E-state index is 0.519. The van der Waals surface area contributed by atoms with Gasteiger partial charge in [-0.1, -0.05) is 39.5 Å². The molecule has 1 aliphatic rings. The Kier molecular flexibility index (Phi) is 3.89. The Morgan fingerprint density at radius 1 is 1.17 bits per heavy atom. The van der Waals surface area contributed by atoms with E-state index in [4.69, 9.17) is 11.6 Å². The molecule has 0 aromatic heterocycles. The maximum absolute atomic E-state index is 6.12. The van der Waals surface area contributed by atoms with E-state index in [2.05, 4.69) is 13.8 Å². The van der Waals surface area contributed by atoms with Crippen molar-refractivity contribution in [2.45, 2.75) is 52.4 Å². The van der Waals surface area contributed by atoms with E-state index in [9.17, 15) is 0 Å². The second kappa shape index (κ2) is 4.50. The highest BCUT2D eigenvalue weighted by Gasteiger charge is 2.38. The van der Waals surface area contributed by atoms with Crippen LogP contribution < -0.4 is 0 Å². The van der Waals surface area contributed by atoms with Crippen LogP contribution in [0.15, 0.2) is 0 Å². The Labute approximate surface area is 81.7 Å². The number of hydrogen-bond acceptors (Lipinski definition) is 0. The van der Waals surface area contributed by atoms with Crippen LogP contribution >= 0.6 is 11.6 Å². The quantitative estimate of drug-likeness (QED) is 0.580. The third kappa shape index (κ3) is 1.79. The Morgan fingerprint density at radius 2 is 1.67 bits per heavy atom. The lowest BCUT2D eigenvalue weighted by Crippen LogP contribution is -2.28. The summed E-state index contributed by atoms with van der Waals surface area (Å²) < 4.78 is 0. The molecule has 0 radical (unpaired) electrons. The number of rotatable bonds is 4. The molecule has 0 atom stereocenters. The topological polar surface area (TPSA) is 0 Å². The summed E-state index contributed by atoms with van der Waals surface area (Å²) in [6.45, 7) is 4.61. The maximum Gasteiger partial charge on any atom is 0.0282 e. The van der Waals surface area contributed by atoms with Crippen LogP contribution in [0.5, 0.6) is 0 Å². The normalized spacial score (nSPS) is 22.0. The molecule has 1 saturated carbocycles. The molecule has 0 spiro atoms. The highest BCUT2D eigenvalue weighted by Crippen LogP contribution is 2.47.